The summed E-state index contributed by atoms with van der Waals surface area (Å²) in [5.41, 5.74) is 1.69. The predicted octanol–water partition coefficient (Wildman–Crippen LogP) is 5.28. The molecule has 0 bridgehead atoms. The van der Waals surface area contributed by atoms with E-state index < -0.39 is 28.5 Å². The van der Waals surface area contributed by atoms with Crippen molar-refractivity contribution in [3.8, 4) is 0 Å². The zero-order valence-electron chi connectivity index (χ0n) is 22.2. The van der Waals surface area contributed by atoms with Crippen LogP contribution in [-0.4, -0.2) is 55.1 Å². The van der Waals surface area contributed by atoms with Crippen LogP contribution in [0.3, 0.4) is 0 Å². The third kappa shape index (κ3) is 8.63. The molecule has 3 aromatic rings. The molecule has 3 aromatic carbocycles. The molecule has 0 saturated carbocycles. The number of likely N-dealkylation sites (N-methyl/N-ethyl adjacent to an activating group) is 1. The molecule has 0 spiro atoms. The molecule has 0 unspecified atom stereocenters. The van der Waals surface area contributed by atoms with Crippen molar-refractivity contribution in [2.24, 2.45) is 0 Å². The van der Waals surface area contributed by atoms with Crippen LogP contribution in [0.5, 0.6) is 0 Å². The Morgan fingerprint density at radius 2 is 1.62 bits per heavy atom. The van der Waals surface area contributed by atoms with E-state index in [1.165, 1.54) is 36.2 Å². The van der Waals surface area contributed by atoms with Crippen LogP contribution < -0.4 is 5.32 Å². The Morgan fingerprint density at radius 3 is 2.23 bits per heavy atom. The maximum absolute atomic E-state index is 13.9. The summed E-state index contributed by atoms with van der Waals surface area (Å²) < 4.78 is 28.3. The van der Waals surface area contributed by atoms with Crippen LogP contribution in [0.15, 0.2) is 88.2 Å². The van der Waals surface area contributed by atoms with Crippen LogP contribution in [0.1, 0.15) is 31.4 Å². The summed E-state index contributed by atoms with van der Waals surface area (Å²) in [5.74, 6) is -0.782. The monoisotopic (exact) mass is 633 g/mol. The second-order valence-electron chi connectivity index (χ2n) is 9.39. The predicted molar refractivity (Wildman–Crippen MR) is 158 cm³/mol. The highest BCUT2D eigenvalue weighted by atomic mass is 79.9. The molecular formula is C29H33BrClN3O4S. The Hall–Kier alpha value is -2.72. The molecule has 0 aliphatic rings. The smallest absolute Gasteiger partial charge is 0.243 e. The molecule has 7 nitrogen and oxygen atoms in total. The Kier molecular flexibility index (Phi) is 11.1. The summed E-state index contributed by atoms with van der Waals surface area (Å²) in [5, 5.41) is 3.42. The molecule has 0 fully saturated rings. The second-order valence-corrected chi connectivity index (χ2v) is 12.8. The molecule has 3 rings (SSSR count). The van der Waals surface area contributed by atoms with Gasteiger partial charge in [-0.3, -0.25) is 9.59 Å². The van der Waals surface area contributed by atoms with Gasteiger partial charge in [0, 0.05) is 35.6 Å². The lowest BCUT2D eigenvalue weighted by atomic mass is 10.0. The zero-order chi connectivity index (χ0) is 28.6. The van der Waals surface area contributed by atoms with Crippen molar-refractivity contribution in [2.75, 3.05) is 13.6 Å². The van der Waals surface area contributed by atoms with Gasteiger partial charge in [0.1, 0.15) is 6.04 Å². The molecule has 0 aliphatic heterocycles. The molecule has 0 radical (unpaired) electrons. The van der Waals surface area contributed by atoms with Crippen molar-refractivity contribution >= 4 is 49.4 Å². The fourth-order valence-corrected chi connectivity index (χ4v) is 5.67. The van der Waals surface area contributed by atoms with Crippen LogP contribution in [0.2, 0.25) is 5.02 Å². The third-order valence-electron chi connectivity index (χ3n) is 6.39. The van der Waals surface area contributed by atoms with Gasteiger partial charge in [-0.2, -0.15) is 4.31 Å². The molecule has 2 atom stereocenters. The lowest BCUT2D eigenvalue weighted by molar-refractivity contribution is -0.141. The number of nitrogens with zero attached hydrogens (tertiary/aromatic N) is 2. The maximum atomic E-state index is 13.9. The number of carbonyl (C=O) groups excluding carboxylic acids is 2. The lowest BCUT2D eigenvalue weighted by Crippen LogP contribution is -2.54. The minimum atomic E-state index is -3.97. The van der Waals surface area contributed by atoms with Gasteiger partial charge in [-0.25, -0.2) is 8.42 Å². The number of halogens is 2. The van der Waals surface area contributed by atoms with Gasteiger partial charge in [-0.15, -0.1) is 0 Å². The largest absolute Gasteiger partial charge is 0.352 e. The number of carbonyl (C=O) groups is 2. The number of amides is 2. The van der Waals surface area contributed by atoms with Gasteiger partial charge < -0.3 is 10.2 Å². The summed E-state index contributed by atoms with van der Waals surface area (Å²) in [7, 11) is -2.62. The molecule has 0 heterocycles. The summed E-state index contributed by atoms with van der Waals surface area (Å²) >= 11 is 9.39. The Morgan fingerprint density at radius 1 is 0.974 bits per heavy atom. The van der Waals surface area contributed by atoms with Gasteiger partial charge >= 0.3 is 0 Å². The highest BCUT2D eigenvalue weighted by Crippen LogP contribution is 2.21. The van der Waals surface area contributed by atoms with E-state index in [0.717, 1.165) is 26.3 Å². The Labute approximate surface area is 244 Å². The molecule has 1 N–H and O–H groups in total. The van der Waals surface area contributed by atoms with E-state index in [2.05, 4.69) is 21.2 Å². The van der Waals surface area contributed by atoms with Gasteiger partial charge in [-0.05, 0) is 60.9 Å². The minimum absolute atomic E-state index is 0.0242. The summed E-state index contributed by atoms with van der Waals surface area (Å²) in [6.07, 6.45) is 1.00. The molecule has 0 aromatic heterocycles. The standard InChI is InChI=1S/C29H33BrClN3O4S/c1-4-21(2)32-29(36)27(18-22-9-6-5-7-10-22)34(19-23-11-8-12-24(30)17-23)28(35)20-33(3)39(37,38)26-15-13-25(31)14-16-26/h5-17,21,27H,4,18-20H2,1-3H3,(H,32,36)/t21-,27+/m0/s1. The number of sulfonamides is 1. The third-order valence-corrected chi connectivity index (χ3v) is 8.96. The second kappa shape index (κ2) is 14.1. The maximum Gasteiger partial charge on any atom is 0.243 e. The number of hydrogen-bond donors (Lipinski definition) is 1. The van der Waals surface area contributed by atoms with Crippen molar-refractivity contribution in [3.05, 3.63) is 99.5 Å². The first-order valence-corrected chi connectivity index (χ1v) is 15.2. The molecular weight excluding hydrogens is 602 g/mol. The van der Waals surface area contributed by atoms with Crippen LogP contribution in [0.25, 0.3) is 0 Å². The summed E-state index contributed by atoms with van der Waals surface area (Å²) in [6, 6.07) is 21.7. The SMILES string of the molecule is CC[C@H](C)NC(=O)[C@@H](Cc1ccccc1)N(Cc1cccc(Br)c1)C(=O)CN(C)S(=O)(=O)c1ccc(Cl)cc1. The average molecular weight is 635 g/mol. The molecule has 2 amide bonds. The molecule has 208 valence electrons. The van der Waals surface area contributed by atoms with Gasteiger partial charge in [0.25, 0.3) is 0 Å². The minimum Gasteiger partial charge on any atom is -0.352 e. The van der Waals surface area contributed by atoms with E-state index in [1.807, 2.05) is 68.4 Å². The summed E-state index contributed by atoms with van der Waals surface area (Å²) in [4.78, 5) is 29.0. The topological polar surface area (TPSA) is 86.8 Å². The highest BCUT2D eigenvalue weighted by molar-refractivity contribution is 9.10. The Balaban J connectivity index is 1.98. The lowest BCUT2D eigenvalue weighted by Gasteiger charge is -2.33. The van der Waals surface area contributed by atoms with Gasteiger partial charge in [-0.1, -0.05) is 76.9 Å². The average Bonchev–Trinajstić information content (AvgIpc) is 2.91. The molecule has 0 aliphatic carbocycles. The van der Waals surface area contributed by atoms with Crippen molar-refractivity contribution in [3.63, 3.8) is 0 Å². The first-order chi connectivity index (χ1) is 18.5. The van der Waals surface area contributed by atoms with Crippen molar-refractivity contribution < 1.29 is 18.0 Å². The first-order valence-electron chi connectivity index (χ1n) is 12.6. The van der Waals surface area contributed by atoms with Crippen molar-refractivity contribution in [1.82, 2.24) is 14.5 Å². The number of nitrogens with one attached hydrogen (secondary N) is 1. The molecule has 10 heteroatoms. The summed E-state index contributed by atoms with van der Waals surface area (Å²) in [6.45, 7) is 3.56. The molecule has 39 heavy (non-hydrogen) atoms. The van der Waals surface area contributed by atoms with Crippen molar-refractivity contribution in [2.45, 2.75) is 50.2 Å². The van der Waals surface area contributed by atoms with E-state index in [1.54, 1.807) is 0 Å². The highest BCUT2D eigenvalue weighted by Gasteiger charge is 2.33. The first kappa shape index (κ1) is 30.8. The van der Waals surface area contributed by atoms with E-state index in [9.17, 15) is 18.0 Å². The van der Waals surface area contributed by atoms with Crippen LogP contribution in [0.4, 0.5) is 0 Å². The zero-order valence-corrected chi connectivity index (χ0v) is 25.3. The van der Waals surface area contributed by atoms with Crippen LogP contribution >= 0.6 is 27.5 Å². The van der Waals surface area contributed by atoms with E-state index >= 15 is 0 Å². The Bertz CT molecular complexity index is 1370. The fourth-order valence-electron chi connectivity index (χ4n) is 3.98. The van der Waals surface area contributed by atoms with Crippen molar-refractivity contribution in [1.29, 1.82) is 0 Å². The van der Waals surface area contributed by atoms with Crippen LogP contribution in [0, 0.1) is 0 Å². The molecule has 0 saturated heterocycles. The fraction of sp³-hybridized carbons (Fsp3) is 0.310. The number of benzene rings is 3. The van der Waals surface area contributed by atoms with E-state index in [0.29, 0.717) is 5.02 Å². The number of hydrogen-bond acceptors (Lipinski definition) is 4. The van der Waals surface area contributed by atoms with E-state index in [4.69, 9.17) is 11.6 Å². The quantitative estimate of drug-likeness (QED) is 0.294. The van der Waals surface area contributed by atoms with Gasteiger partial charge in [0.15, 0.2) is 0 Å². The number of rotatable bonds is 12. The van der Waals surface area contributed by atoms with Crippen LogP contribution in [-0.2, 0) is 32.6 Å². The van der Waals surface area contributed by atoms with Gasteiger partial charge in [0.05, 0.1) is 11.4 Å². The normalized spacial score (nSPS) is 13.1. The van der Waals surface area contributed by atoms with Gasteiger partial charge in [0.2, 0.25) is 21.8 Å². The van der Waals surface area contributed by atoms with E-state index in [-0.39, 0.29) is 29.8 Å².